The summed E-state index contributed by atoms with van der Waals surface area (Å²) < 4.78 is 76.7. The van der Waals surface area contributed by atoms with Crippen molar-refractivity contribution in [1.29, 1.82) is 0 Å². The van der Waals surface area contributed by atoms with Crippen LogP contribution in [0.15, 0.2) is 53.4 Å². The highest BCUT2D eigenvalue weighted by Gasteiger charge is 2.31. The van der Waals surface area contributed by atoms with E-state index in [2.05, 4.69) is 10.1 Å². The van der Waals surface area contributed by atoms with Crippen molar-refractivity contribution >= 4 is 21.4 Å². The van der Waals surface area contributed by atoms with Gasteiger partial charge in [-0.05, 0) is 48.5 Å². The summed E-state index contributed by atoms with van der Waals surface area (Å²) in [6, 6.07) is 8.15. The molecule has 0 aliphatic carbocycles. The molecule has 0 fully saturated rings. The maximum Gasteiger partial charge on any atom is 0.573 e. The predicted octanol–water partition coefficient (Wildman–Crippen LogP) is 3.14. The number of sulfone groups is 1. The van der Waals surface area contributed by atoms with Crippen molar-refractivity contribution in [2.24, 2.45) is 0 Å². The molecule has 0 spiro atoms. The number of carbonyl (C=O) groups is 1. The van der Waals surface area contributed by atoms with Crippen LogP contribution in [0.5, 0.6) is 5.75 Å². The second-order valence-corrected chi connectivity index (χ2v) is 6.82. The van der Waals surface area contributed by atoms with Gasteiger partial charge < -0.3 is 10.1 Å². The quantitative estimate of drug-likeness (QED) is 0.642. The van der Waals surface area contributed by atoms with Crippen LogP contribution < -0.4 is 10.1 Å². The molecule has 25 heavy (non-hydrogen) atoms. The summed E-state index contributed by atoms with van der Waals surface area (Å²) in [5, 5.41) is 2.24. The maximum absolute atomic E-state index is 12.8. The zero-order valence-electron chi connectivity index (χ0n) is 12.4. The molecule has 1 amide bonds. The molecule has 0 saturated carbocycles. The summed E-state index contributed by atoms with van der Waals surface area (Å²) in [7, 11) is -3.98. The first kappa shape index (κ1) is 18.7. The van der Waals surface area contributed by atoms with Crippen molar-refractivity contribution in [1.82, 2.24) is 0 Å². The molecule has 0 atom stereocenters. The Labute approximate surface area is 140 Å². The molecule has 1 N–H and O–H groups in total. The number of halogens is 4. The third kappa shape index (κ3) is 5.75. The molecule has 0 unspecified atom stereocenters. The van der Waals surface area contributed by atoms with Gasteiger partial charge in [0.15, 0.2) is 9.84 Å². The van der Waals surface area contributed by atoms with Crippen LogP contribution in [0.25, 0.3) is 0 Å². The zero-order valence-corrected chi connectivity index (χ0v) is 13.2. The Morgan fingerprint density at radius 1 is 1.00 bits per heavy atom. The number of alkyl halides is 3. The number of carbonyl (C=O) groups excluding carboxylic acids is 1. The number of hydrogen-bond acceptors (Lipinski definition) is 4. The molecule has 0 radical (unpaired) electrons. The number of benzene rings is 2. The van der Waals surface area contributed by atoms with Gasteiger partial charge in [-0.3, -0.25) is 4.79 Å². The van der Waals surface area contributed by atoms with Crippen molar-refractivity contribution < 1.29 is 35.5 Å². The van der Waals surface area contributed by atoms with Crippen molar-refractivity contribution in [3.05, 3.63) is 54.3 Å². The standard InChI is InChI=1S/C15H11F4NO4S/c16-10-1-7-13(8-2-10)25(22,23)9-14(21)20-11-3-5-12(6-4-11)24-15(17,18)19/h1-8H,9H2,(H,20,21). The molecule has 0 aromatic heterocycles. The van der Waals surface area contributed by atoms with E-state index >= 15 is 0 Å². The van der Waals surface area contributed by atoms with Crippen LogP contribution in [-0.2, 0) is 14.6 Å². The van der Waals surface area contributed by atoms with E-state index in [4.69, 9.17) is 0 Å². The Hall–Kier alpha value is -2.62. The molecule has 0 heterocycles. The minimum Gasteiger partial charge on any atom is -0.406 e. The molecule has 2 rings (SSSR count). The average Bonchev–Trinajstić information content (AvgIpc) is 2.47. The number of anilines is 1. The van der Waals surface area contributed by atoms with Gasteiger partial charge in [0, 0.05) is 5.69 Å². The molecule has 0 aliphatic heterocycles. The first-order valence-electron chi connectivity index (χ1n) is 6.69. The third-order valence-electron chi connectivity index (χ3n) is 2.87. The van der Waals surface area contributed by atoms with Crippen LogP contribution in [0.4, 0.5) is 23.2 Å². The first-order chi connectivity index (χ1) is 11.5. The van der Waals surface area contributed by atoms with E-state index in [-0.39, 0.29) is 10.6 Å². The number of amides is 1. The number of hydrogen-bond donors (Lipinski definition) is 1. The Balaban J connectivity index is 2.01. The Kier molecular flexibility index (Phi) is 5.31. The molecule has 134 valence electrons. The third-order valence-corrected chi connectivity index (χ3v) is 4.50. The molecule has 5 nitrogen and oxygen atoms in total. The summed E-state index contributed by atoms with van der Waals surface area (Å²) in [6.07, 6.45) is -4.84. The van der Waals surface area contributed by atoms with Crippen LogP contribution >= 0.6 is 0 Å². The maximum atomic E-state index is 12.8. The second kappa shape index (κ2) is 7.09. The molecule has 2 aromatic rings. The molecule has 0 aliphatic rings. The molecular weight excluding hydrogens is 366 g/mol. The van der Waals surface area contributed by atoms with Crippen LogP contribution in [0.2, 0.25) is 0 Å². The minimum atomic E-state index is -4.84. The van der Waals surface area contributed by atoms with Gasteiger partial charge >= 0.3 is 6.36 Å². The van der Waals surface area contributed by atoms with E-state index in [1.807, 2.05) is 0 Å². The van der Waals surface area contributed by atoms with Gasteiger partial charge in [-0.1, -0.05) is 0 Å². The van der Waals surface area contributed by atoms with E-state index in [1.165, 1.54) is 0 Å². The van der Waals surface area contributed by atoms with Crippen LogP contribution in [0.1, 0.15) is 0 Å². The number of rotatable bonds is 5. The monoisotopic (exact) mass is 377 g/mol. The fourth-order valence-corrected chi connectivity index (χ4v) is 2.97. The molecular formula is C15H11F4NO4S. The van der Waals surface area contributed by atoms with Gasteiger partial charge in [0.2, 0.25) is 5.91 Å². The summed E-state index contributed by atoms with van der Waals surface area (Å²) in [6.45, 7) is 0. The van der Waals surface area contributed by atoms with E-state index < -0.39 is 39.4 Å². The Morgan fingerprint density at radius 3 is 2.08 bits per heavy atom. The molecule has 0 bridgehead atoms. The van der Waals surface area contributed by atoms with E-state index in [1.54, 1.807) is 0 Å². The normalized spacial score (nSPS) is 11.8. The summed E-state index contributed by atoms with van der Waals surface area (Å²) in [5.74, 6) is -2.90. The van der Waals surface area contributed by atoms with Crippen molar-refractivity contribution in [3.8, 4) is 5.75 Å². The van der Waals surface area contributed by atoms with E-state index in [9.17, 15) is 30.8 Å². The molecule has 2 aromatic carbocycles. The predicted molar refractivity (Wildman–Crippen MR) is 80.2 cm³/mol. The lowest BCUT2D eigenvalue weighted by molar-refractivity contribution is -0.274. The molecule has 0 saturated heterocycles. The topological polar surface area (TPSA) is 72.5 Å². The Bertz CT molecular complexity index is 847. The van der Waals surface area contributed by atoms with E-state index in [0.29, 0.717) is 0 Å². The van der Waals surface area contributed by atoms with Gasteiger partial charge in [0.05, 0.1) is 4.90 Å². The van der Waals surface area contributed by atoms with Crippen molar-refractivity contribution in [2.75, 3.05) is 11.1 Å². The van der Waals surface area contributed by atoms with Gasteiger partial charge in [-0.25, -0.2) is 12.8 Å². The second-order valence-electron chi connectivity index (χ2n) is 4.83. The van der Waals surface area contributed by atoms with Crippen LogP contribution in [0, 0.1) is 5.82 Å². The van der Waals surface area contributed by atoms with Crippen molar-refractivity contribution in [2.45, 2.75) is 11.3 Å². The zero-order chi connectivity index (χ0) is 18.7. The number of ether oxygens (including phenoxy) is 1. The van der Waals surface area contributed by atoms with Crippen LogP contribution in [0.3, 0.4) is 0 Å². The largest absolute Gasteiger partial charge is 0.573 e. The van der Waals surface area contributed by atoms with Gasteiger partial charge in [0.1, 0.15) is 17.3 Å². The SMILES string of the molecule is O=C(CS(=O)(=O)c1ccc(F)cc1)Nc1ccc(OC(F)(F)F)cc1. The average molecular weight is 377 g/mol. The fourth-order valence-electron chi connectivity index (χ4n) is 1.83. The van der Waals surface area contributed by atoms with Crippen molar-refractivity contribution in [3.63, 3.8) is 0 Å². The highest BCUT2D eigenvalue weighted by molar-refractivity contribution is 7.92. The van der Waals surface area contributed by atoms with E-state index in [0.717, 1.165) is 48.5 Å². The van der Waals surface area contributed by atoms with Gasteiger partial charge in [0.25, 0.3) is 0 Å². The smallest absolute Gasteiger partial charge is 0.406 e. The van der Waals surface area contributed by atoms with Crippen LogP contribution in [-0.4, -0.2) is 26.4 Å². The highest BCUT2D eigenvalue weighted by atomic mass is 32.2. The highest BCUT2D eigenvalue weighted by Crippen LogP contribution is 2.24. The van der Waals surface area contributed by atoms with Gasteiger partial charge in [-0.2, -0.15) is 0 Å². The minimum absolute atomic E-state index is 0.0915. The Morgan fingerprint density at radius 2 is 1.56 bits per heavy atom. The lowest BCUT2D eigenvalue weighted by Crippen LogP contribution is -2.23. The lowest BCUT2D eigenvalue weighted by Gasteiger charge is -2.10. The number of nitrogens with one attached hydrogen (secondary N) is 1. The fraction of sp³-hybridized carbons (Fsp3) is 0.133. The summed E-state index contributed by atoms with van der Waals surface area (Å²) >= 11 is 0. The summed E-state index contributed by atoms with van der Waals surface area (Å²) in [5.41, 5.74) is 0.0915. The van der Waals surface area contributed by atoms with Gasteiger partial charge in [-0.15, -0.1) is 13.2 Å². The lowest BCUT2D eigenvalue weighted by atomic mass is 10.3. The first-order valence-corrected chi connectivity index (χ1v) is 8.34. The summed E-state index contributed by atoms with van der Waals surface area (Å²) in [4.78, 5) is 11.6. The molecule has 10 heteroatoms.